The van der Waals surface area contributed by atoms with Crippen molar-refractivity contribution in [3.8, 4) is 0 Å². The van der Waals surface area contributed by atoms with Gasteiger partial charge in [0.25, 0.3) is 0 Å². The first-order valence-corrected chi connectivity index (χ1v) is 5.54. The fraction of sp³-hybridized carbons (Fsp3) is 0.100. The van der Waals surface area contributed by atoms with Gasteiger partial charge >= 0.3 is 0 Å². The molecule has 3 nitrogen and oxygen atoms in total. The highest BCUT2D eigenvalue weighted by atomic mass is 79.9. The smallest absolute Gasteiger partial charge is 0.0719 e. The summed E-state index contributed by atoms with van der Waals surface area (Å²) in [4.78, 5) is 0. The molecule has 1 aromatic carbocycles. The summed E-state index contributed by atoms with van der Waals surface area (Å²) in [6.45, 7) is 0.628. The molecular formula is C10H9BrClN3. The van der Waals surface area contributed by atoms with Gasteiger partial charge in [0.1, 0.15) is 0 Å². The number of nitrogens with two attached hydrogens (primary N) is 1. The number of aromatic nitrogens is 2. The Morgan fingerprint density at radius 1 is 1.47 bits per heavy atom. The van der Waals surface area contributed by atoms with E-state index in [9.17, 15) is 0 Å². The molecule has 5 heteroatoms. The SMILES string of the molecule is Nc1cnn(Cc2ccc(Br)cc2Cl)c1. The predicted molar refractivity (Wildman–Crippen MR) is 64.9 cm³/mol. The van der Waals surface area contributed by atoms with Crippen molar-refractivity contribution in [3.05, 3.63) is 45.7 Å². The fourth-order valence-corrected chi connectivity index (χ4v) is 2.02. The summed E-state index contributed by atoms with van der Waals surface area (Å²) in [5, 5.41) is 4.82. The number of halogens is 2. The third-order valence-corrected chi connectivity index (χ3v) is 2.85. The lowest BCUT2D eigenvalue weighted by Crippen LogP contribution is -2.00. The molecule has 0 unspecified atom stereocenters. The topological polar surface area (TPSA) is 43.8 Å². The van der Waals surface area contributed by atoms with Gasteiger partial charge in [-0.1, -0.05) is 33.6 Å². The van der Waals surface area contributed by atoms with Crippen molar-refractivity contribution in [2.45, 2.75) is 6.54 Å². The molecule has 0 aliphatic heterocycles. The Morgan fingerprint density at radius 2 is 2.27 bits per heavy atom. The Morgan fingerprint density at radius 3 is 2.87 bits per heavy atom. The molecule has 0 amide bonds. The van der Waals surface area contributed by atoms with Crippen LogP contribution in [0.15, 0.2) is 35.1 Å². The van der Waals surface area contributed by atoms with E-state index in [2.05, 4.69) is 21.0 Å². The minimum Gasteiger partial charge on any atom is -0.396 e. The minimum absolute atomic E-state index is 0.628. The summed E-state index contributed by atoms with van der Waals surface area (Å²) in [5.74, 6) is 0. The molecule has 2 N–H and O–H groups in total. The van der Waals surface area contributed by atoms with Gasteiger partial charge in [-0.3, -0.25) is 4.68 Å². The largest absolute Gasteiger partial charge is 0.396 e. The number of rotatable bonds is 2. The van der Waals surface area contributed by atoms with E-state index >= 15 is 0 Å². The summed E-state index contributed by atoms with van der Waals surface area (Å²) in [5.41, 5.74) is 7.24. The Kier molecular flexibility index (Phi) is 2.98. The quantitative estimate of drug-likeness (QED) is 0.922. The maximum absolute atomic E-state index is 6.08. The van der Waals surface area contributed by atoms with E-state index in [1.807, 2.05) is 18.2 Å². The molecule has 0 fully saturated rings. The van der Waals surface area contributed by atoms with Crippen molar-refractivity contribution in [2.75, 3.05) is 5.73 Å². The van der Waals surface area contributed by atoms with Gasteiger partial charge in [0, 0.05) is 15.7 Å². The van der Waals surface area contributed by atoms with Crippen molar-refractivity contribution < 1.29 is 0 Å². The molecule has 2 aromatic rings. The fourth-order valence-electron chi connectivity index (χ4n) is 1.29. The van der Waals surface area contributed by atoms with Gasteiger partial charge in [-0.05, 0) is 17.7 Å². The van der Waals surface area contributed by atoms with Crippen LogP contribution in [-0.4, -0.2) is 9.78 Å². The Bertz CT molecular complexity index is 481. The molecule has 0 bridgehead atoms. The lowest BCUT2D eigenvalue weighted by molar-refractivity contribution is 0.687. The normalized spacial score (nSPS) is 10.5. The zero-order valence-corrected chi connectivity index (χ0v) is 10.2. The van der Waals surface area contributed by atoms with Crippen molar-refractivity contribution >= 4 is 33.2 Å². The van der Waals surface area contributed by atoms with Crippen LogP contribution in [0.4, 0.5) is 5.69 Å². The highest BCUT2D eigenvalue weighted by Gasteiger charge is 2.02. The average molecular weight is 287 g/mol. The molecule has 1 heterocycles. The van der Waals surface area contributed by atoms with Crippen LogP contribution in [0.3, 0.4) is 0 Å². The van der Waals surface area contributed by atoms with Crippen molar-refractivity contribution in [3.63, 3.8) is 0 Å². The van der Waals surface area contributed by atoms with Crippen molar-refractivity contribution in [1.29, 1.82) is 0 Å². The van der Waals surface area contributed by atoms with Crippen LogP contribution in [0, 0.1) is 0 Å². The van der Waals surface area contributed by atoms with E-state index in [0.717, 1.165) is 15.1 Å². The molecule has 0 saturated heterocycles. The lowest BCUT2D eigenvalue weighted by Gasteiger charge is -2.04. The lowest BCUT2D eigenvalue weighted by atomic mass is 10.2. The first-order valence-electron chi connectivity index (χ1n) is 4.37. The first-order chi connectivity index (χ1) is 7.15. The second-order valence-corrected chi connectivity index (χ2v) is 4.53. The Hall–Kier alpha value is -1.000. The number of benzene rings is 1. The third kappa shape index (κ3) is 2.52. The second kappa shape index (κ2) is 4.24. The summed E-state index contributed by atoms with van der Waals surface area (Å²) in [6, 6.07) is 5.78. The van der Waals surface area contributed by atoms with Gasteiger partial charge in [0.2, 0.25) is 0 Å². The third-order valence-electron chi connectivity index (χ3n) is 2.00. The van der Waals surface area contributed by atoms with E-state index in [-0.39, 0.29) is 0 Å². The minimum atomic E-state index is 0.628. The second-order valence-electron chi connectivity index (χ2n) is 3.21. The van der Waals surface area contributed by atoms with E-state index < -0.39 is 0 Å². The van der Waals surface area contributed by atoms with Gasteiger partial charge < -0.3 is 5.73 Å². The van der Waals surface area contributed by atoms with Crippen LogP contribution in [-0.2, 0) is 6.54 Å². The van der Waals surface area contributed by atoms with Crippen LogP contribution >= 0.6 is 27.5 Å². The van der Waals surface area contributed by atoms with Crippen LogP contribution in [0.25, 0.3) is 0 Å². The van der Waals surface area contributed by atoms with Crippen molar-refractivity contribution in [1.82, 2.24) is 9.78 Å². The molecule has 0 radical (unpaired) electrons. The molecule has 2 rings (SSSR count). The molecule has 15 heavy (non-hydrogen) atoms. The molecule has 0 aliphatic rings. The van der Waals surface area contributed by atoms with Gasteiger partial charge in [0.15, 0.2) is 0 Å². The van der Waals surface area contributed by atoms with E-state index in [0.29, 0.717) is 12.2 Å². The average Bonchev–Trinajstić information content (AvgIpc) is 2.56. The predicted octanol–water partition coefficient (Wildman–Crippen LogP) is 2.93. The molecule has 78 valence electrons. The summed E-state index contributed by atoms with van der Waals surface area (Å²) >= 11 is 9.44. The molecule has 0 spiro atoms. The standard InChI is InChI=1S/C10H9BrClN3/c11-8-2-1-7(10(12)3-8)5-15-6-9(13)4-14-15/h1-4,6H,5,13H2. The van der Waals surface area contributed by atoms with Gasteiger partial charge in [-0.25, -0.2) is 0 Å². The first kappa shape index (κ1) is 10.5. The van der Waals surface area contributed by atoms with Crippen LogP contribution in [0.2, 0.25) is 5.02 Å². The number of anilines is 1. The van der Waals surface area contributed by atoms with Crippen LogP contribution < -0.4 is 5.73 Å². The monoisotopic (exact) mass is 285 g/mol. The Balaban J connectivity index is 2.24. The highest BCUT2D eigenvalue weighted by molar-refractivity contribution is 9.10. The Labute approximate surface area is 101 Å². The van der Waals surface area contributed by atoms with E-state index in [4.69, 9.17) is 17.3 Å². The number of hydrogen-bond donors (Lipinski definition) is 1. The molecule has 1 aromatic heterocycles. The zero-order chi connectivity index (χ0) is 10.8. The van der Waals surface area contributed by atoms with E-state index in [1.165, 1.54) is 0 Å². The molecule has 0 saturated carbocycles. The van der Waals surface area contributed by atoms with Gasteiger partial charge in [-0.2, -0.15) is 5.10 Å². The number of nitrogen functional groups attached to an aromatic ring is 1. The molecule has 0 aliphatic carbocycles. The van der Waals surface area contributed by atoms with Crippen molar-refractivity contribution in [2.24, 2.45) is 0 Å². The van der Waals surface area contributed by atoms with Crippen LogP contribution in [0.1, 0.15) is 5.56 Å². The van der Waals surface area contributed by atoms with Crippen LogP contribution in [0.5, 0.6) is 0 Å². The van der Waals surface area contributed by atoms with Gasteiger partial charge in [0.05, 0.1) is 18.4 Å². The molecular weight excluding hydrogens is 277 g/mol. The molecule has 0 atom stereocenters. The summed E-state index contributed by atoms with van der Waals surface area (Å²) < 4.78 is 2.72. The van der Waals surface area contributed by atoms with Gasteiger partial charge in [-0.15, -0.1) is 0 Å². The summed E-state index contributed by atoms with van der Waals surface area (Å²) in [7, 11) is 0. The van der Waals surface area contributed by atoms with E-state index in [1.54, 1.807) is 17.1 Å². The maximum Gasteiger partial charge on any atom is 0.0719 e. The number of hydrogen-bond acceptors (Lipinski definition) is 2. The number of nitrogens with zero attached hydrogens (tertiary/aromatic N) is 2. The zero-order valence-electron chi connectivity index (χ0n) is 7.82. The highest BCUT2D eigenvalue weighted by Crippen LogP contribution is 2.22. The maximum atomic E-state index is 6.08. The summed E-state index contributed by atoms with van der Waals surface area (Å²) in [6.07, 6.45) is 3.39.